The third-order valence-corrected chi connectivity index (χ3v) is 8.21. The summed E-state index contributed by atoms with van der Waals surface area (Å²) in [5.74, 6) is -0.891. The number of rotatable bonds is 5. The number of hydrogen-bond acceptors (Lipinski definition) is 4. The number of thiophene rings is 1. The Labute approximate surface area is 196 Å². The lowest BCUT2D eigenvalue weighted by molar-refractivity contribution is -0.141. The lowest BCUT2D eigenvalue weighted by Gasteiger charge is -2.35. The number of nitrogens with zero attached hydrogens (tertiary/aromatic N) is 2. The van der Waals surface area contributed by atoms with E-state index in [0.717, 1.165) is 65.8 Å². The Hall–Kier alpha value is -2.74. The summed E-state index contributed by atoms with van der Waals surface area (Å²) in [4.78, 5) is 43.9. The van der Waals surface area contributed by atoms with Crippen LogP contribution in [0.15, 0.2) is 35.7 Å². The molecule has 4 amide bonds. The molecule has 5 rings (SSSR count). The number of carbonyl (C=O) groups is 3. The first-order chi connectivity index (χ1) is 16.0. The summed E-state index contributed by atoms with van der Waals surface area (Å²) in [7, 11) is 0. The average molecular weight is 470 g/mol. The van der Waals surface area contributed by atoms with Gasteiger partial charge in [-0.1, -0.05) is 31.4 Å². The molecule has 1 aliphatic heterocycles. The number of urea groups is 1. The summed E-state index contributed by atoms with van der Waals surface area (Å²) in [5, 5.41) is 4.88. The van der Waals surface area contributed by atoms with Crippen molar-refractivity contribution in [1.82, 2.24) is 15.1 Å². The minimum atomic E-state index is -1.04. The van der Waals surface area contributed by atoms with Crippen molar-refractivity contribution in [1.29, 1.82) is 0 Å². The fourth-order valence-electron chi connectivity index (χ4n) is 5.51. The predicted octanol–water partition coefficient (Wildman–Crippen LogP) is 4.33. The van der Waals surface area contributed by atoms with Crippen LogP contribution in [0.4, 0.5) is 9.18 Å². The van der Waals surface area contributed by atoms with Gasteiger partial charge in [-0.25, -0.2) is 9.18 Å². The van der Waals surface area contributed by atoms with Gasteiger partial charge in [0.25, 0.3) is 5.91 Å². The zero-order chi connectivity index (χ0) is 23.0. The van der Waals surface area contributed by atoms with E-state index < -0.39 is 11.6 Å². The molecule has 6 nitrogen and oxygen atoms in total. The molecular formula is C25H28FN3O3S. The number of halogens is 1. The Balaban J connectivity index is 1.37. The molecule has 174 valence electrons. The number of imide groups is 1. The van der Waals surface area contributed by atoms with Crippen molar-refractivity contribution in [2.24, 2.45) is 0 Å². The van der Waals surface area contributed by atoms with E-state index in [4.69, 9.17) is 0 Å². The van der Waals surface area contributed by atoms with E-state index in [2.05, 4.69) is 5.32 Å². The molecule has 3 aliphatic rings. The van der Waals surface area contributed by atoms with Crippen molar-refractivity contribution in [2.45, 2.75) is 69.5 Å². The van der Waals surface area contributed by atoms with Gasteiger partial charge >= 0.3 is 6.03 Å². The summed E-state index contributed by atoms with van der Waals surface area (Å²) in [6.07, 6.45) is 7.31. The van der Waals surface area contributed by atoms with Gasteiger partial charge < -0.3 is 10.2 Å². The van der Waals surface area contributed by atoms with Crippen LogP contribution in [0.5, 0.6) is 0 Å². The van der Waals surface area contributed by atoms with Gasteiger partial charge in [-0.2, -0.15) is 0 Å². The van der Waals surface area contributed by atoms with Gasteiger partial charge in [-0.15, -0.1) is 11.3 Å². The van der Waals surface area contributed by atoms with Gasteiger partial charge in [-0.05, 0) is 61.2 Å². The normalized spacial score (nSPS) is 23.0. The highest BCUT2D eigenvalue weighted by atomic mass is 32.1. The molecule has 1 spiro atoms. The molecule has 0 bridgehead atoms. The Morgan fingerprint density at radius 2 is 1.88 bits per heavy atom. The number of amides is 4. The standard InChI is InChI=1S/C25H28FN3O3S/c26-18-10-8-17(9-11-18)15-28(19-5-2-1-3-6-19)22(30)16-29-23(31)25(27-24(29)32)13-4-7-21-20(25)12-14-33-21/h8-12,14,19H,1-7,13,15-16H2,(H,27,32). The highest BCUT2D eigenvalue weighted by molar-refractivity contribution is 7.10. The number of carbonyl (C=O) groups excluding carboxylic acids is 3. The van der Waals surface area contributed by atoms with Gasteiger partial charge in [0.05, 0.1) is 0 Å². The van der Waals surface area contributed by atoms with E-state index in [1.165, 1.54) is 12.1 Å². The molecule has 2 fully saturated rings. The summed E-state index contributed by atoms with van der Waals surface area (Å²) in [6.45, 7) is 0.0663. The number of hydrogen-bond donors (Lipinski definition) is 1. The fraction of sp³-hybridized carbons (Fsp3) is 0.480. The molecule has 1 unspecified atom stereocenters. The molecule has 8 heteroatoms. The summed E-state index contributed by atoms with van der Waals surface area (Å²) < 4.78 is 13.4. The number of benzene rings is 1. The second kappa shape index (κ2) is 8.89. The largest absolute Gasteiger partial charge is 0.334 e. The van der Waals surface area contributed by atoms with E-state index in [-0.39, 0.29) is 30.2 Å². The van der Waals surface area contributed by atoms with Crippen LogP contribution >= 0.6 is 11.3 Å². The van der Waals surface area contributed by atoms with Crippen LogP contribution in [-0.4, -0.2) is 40.2 Å². The molecule has 2 aromatic rings. The molecule has 2 aliphatic carbocycles. The molecule has 0 radical (unpaired) electrons. The molecule has 1 atom stereocenters. The van der Waals surface area contributed by atoms with E-state index in [1.54, 1.807) is 28.4 Å². The maximum absolute atomic E-state index is 13.5. The first-order valence-corrected chi connectivity index (χ1v) is 12.6. The van der Waals surface area contributed by atoms with Crippen LogP contribution in [0, 0.1) is 5.82 Å². The maximum Gasteiger partial charge on any atom is 0.325 e. The summed E-state index contributed by atoms with van der Waals surface area (Å²) in [6, 6.07) is 7.62. The monoisotopic (exact) mass is 469 g/mol. The maximum atomic E-state index is 13.5. The second-order valence-corrected chi connectivity index (χ2v) is 10.3. The molecule has 1 saturated carbocycles. The van der Waals surface area contributed by atoms with Crippen molar-refractivity contribution in [3.63, 3.8) is 0 Å². The zero-order valence-corrected chi connectivity index (χ0v) is 19.3. The van der Waals surface area contributed by atoms with Crippen molar-refractivity contribution in [3.05, 3.63) is 57.5 Å². The average Bonchev–Trinajstić information content (AvgIpc) is 3.40. The molecule has 1 aromatic heterocycles. The predicted molar refractivity (Wildman–Crippen MR) is 123 cm³/mol. The summed E-state index contributed by atoms with van der Waals surface area (Å²) in [5.41, 5.74) is 0.666. The highest BCUT2D eigenvalue weighted by Gasteiger charge is 2.54. The third kappa shape index (κ3) is 4.05. The zero-order valence-electron chi connectivity index (χ0n) is 18.5. The van der Waals surface area contributed by atoms with Crippen LogP contribution in [0.1, 0.15) is 60.9 Å². The van der Waals surface area contributed by atoms with Crippen LogP contribution in [0.2, 0.25) is 0 Å². The van der Waals surface area contributed by atoms with Crippen molar-refractivity contribution < 1.29 is 18.8 Å². The van der Waals surface area contributed by atoms with Crippen LogP contribution < -0.4 is 5.32 Å². The van der Waals surface area contributed by atoms with Gasteiger partial charge in [0.15, 0.2) is 0 Å². The van der Waals surface area contributed by atoms with Crippen molar-refractivity contribution in [3.8, 4) is 0 Å². The van der Waals surface area contributed by atoms with Crippen molar-refractivity contribution in [2.75, 3.05) is 6.54 Å². The van der Waals surface area contributed by atoms with Crippen LogP contribution in [-0.2, 0) is 28.1 Å². The number of nitrogens with one attached hydrogen (secondary N) is 1. The van der Waals surface area contributed by atoms with Gasteiger partial charge in [-0.3, -0.25) is 14.5 Å². The molecule has 1 saturated heterocycles. The highest BCUT2D eigenvalue weighted by Crippen LogP contribution is 2.42. The fourth-order valence-corrected chi connectivity index (χ4v) is 6.51. The Morgan fingerprint density at radius 3 is 2.64 bits per heavy atom. The molecule has 33 heavy (non-hydrogen) atoms. The topological polar surface area (TPSA) is 69.7 Å². The van der Waals surface area contributed by atoms with Crippen LogP contribution in [0.3, 0.4) is 0 Å². The number of fused-ring (bicyclic) bond motifs is 2. The van der Waals surface area contributed by atoms with Gasteiger partial charge in [0, 0.05) is 23.0 Å². The molecule has 2 heterocycles. The third-order valence-electron chi connectivity index (χ3n) is 7.23. The molecule has 1 N–H and O–H groups in total. The summed E-state index contributed by atoms with van der Waals surface area (Å²) >= 11 is 1.61. The minimum absolute atomic E-state index is 0.0594. The van der Waals surface area contributed by atoms with E-state index in [1.807, 2.05) is 11.4 Å². The first kappa shape index (κ1) is 22.1. The quantitative estimate of drug-likeness (QED) is 0.663. The van der Waals surface area contributed by atoms with Gasteiger partial charge in [0.2, 0.25) is 5.91 Å². The minimum Gasteiger partial charge on any atom is -0.334 e. The second-order valence-electron chi connectivity index (χ2n) is 9.28. The molecule has 1 aromatic carbocycles. The lowest BCUT2D eigenvalue weighted by atomic mass is 9.80. The van der Waals surface area contributed by atoms with Crippen molar-refractivity contribution >= 4 is 29.2 Å². The SMILES string of the molecule is O=C1NC2(CCCc3sccc32)C(=O)N1CC(=O)N(Cc1ccc(F)cc1)C1CCCCC1. The van der Waals surface area contributed by atoms with E-state index >= 15 is 0 Å². The smallest absolute Gasteiger partial charge is 0.325 e. The first-order valence-electron chi connectivity index (χ1n) is 11.7. The Morgan fingerprint density at radius 1 is 1.12 bits per heavy atom. The Kier molecular flexibility index (Phi) is 5.95. The Bertz CT molecular complexity index is 1060. The van der Waals surface area contributed by atoms with Crippen LogP contribution in [0.25, 0.3) is 0 Å². The van der Waals surface area contributed by atoms with E-state index in [9.17, 15) is 18.8 Å². The van der Waals surface area contributed by atoms with E-state index in [0.29, 0.717) is 13.0 Å². The van der Waals surface area contributed by atoms with Gasteiger partial charge in [0.1, 0.15) is 17.9 Å². The lowest BCUT2D eigenvalue weighted by Crippen LogP contribution is -2.49. The molecular weight excluding hydrogens is 441 g/mol. The number of aryl methyl sites for hydroxylation is 1.